The molecule has 0 atom stereocenters. The van der Waals surface area contributed by atoms with E-state index in [9.17, 15) is 18.0 Å². The topological polar surface area (TPSA) is 114 Å². The van der Waals surface area contributed by atoms with Gasteiger partial charge in [-0.2, -0.15) is 13.2 Å². The first-order chi connectivity index (χ1) is 16.8. The van der Waals surface area contributed by atoms with E-state index in [-0.39, 0.29) is 17.4 Å². The van der Waals surface area contributed by atoms with Gasteiger partial charge in [-0.15, -0.1) is 0 Å². The van der Waals surface area contributed by atoms with Crippen molar-refractivity contribution >= 4 is 33.9 Å². The summed E-state index contributed by atoms with van der Waals surface area (Å²) in [6.45, 7) is 2.80. The maximum Gasteiger partial charge on any atom is 0.417 e. The van der Waals surface area contributed by atoms with Crippen LogP contribution in [-0.4, -0.2) is 32.5 Å². The predicted octanol–water partition coefficient (Wildman–Crippen LogP) is 5.88. The zero-order chi connectivity index (χ0) is 24.8. The number of aromatic nitrogens is 4. The Labute approximate surface area is 201 Å². The monoisotopic (exact) mass is 501 g/mol. The van der Waals surface area contributed by atoms with Crippen LogP contribution < -0.4 is 20.7 Å². The number of benzene rings is 1. The van der Waals surface area contributed by atoms with Crippen molar-refractivity contribution in [2.75, 3.05) is 22.5 Å². The molecular formula is C22H18F3N7O2S. The third kappa shape index (κ3) is 6.41. The Kier molecular flexibility index (Phi) is 7.06. The van der Waals surface area contributed by atoms with Crippen LogP contribution in [0.4, 0.5) is 34.5 Å². The molecule has 3 N–H and O–H groups in total. The van der Waals surface area contributed by atoms with Gasteiger partial charge in [-0.3, -0.25) is 4.98 Å². The van der Waals surface area contributed by atoms with E-state index in [4.69, 9.17) is 4.74 Å². The smallest absolute Gasteiger partial charge is 0.417 e. The fraction of sp³-hybridized carbons (Fsp3) is 0.136. The van der Waals surface area contributed by atoms with Crippen LogP contribution in [-0.2, 0) is 6.18 Å². The van der Waals surface area contributed by atoms with Crippen molar-refractivity contribution in [3.63, 3.8) is 0 Å². The van der Waals surface area contributed by atoms with Gasteiger partial charge in [-0.05, 0) is 42.8 Å². The molecule has 0 fully saturated rings. The van der Waals surface area contributed by atoms with E-state index < -0.39 is 17.8 Å². The number of rotatable bonds is 7. The van der Waals surface area contributed by atoms with Gasteiger partial charge in [0.15, 0.2) is 5.13 Å². The van der Waals surface area contributed by atoms with Gasteiger partial charge in [-0.25, -0.2) is 19.7 Å². The van der Waals surface area contributed by atoms with Gasteiger partial charge in [0, 0.05) is 18.9 Å². The van der Waals surface area contributed by atoms with Crippen LogP contribution in [0.2, 0.25) is 0 Å². The number of urea groups is 1. The highest BCUT2D eigenvalue weighted by Crippen LogP contribution is 2.31. The minimum Gasteiger partial charge on any atom is -0.424 e. The minimum absolute atomic E-state index is 0.0537. The van der Waals surface area contributed by atoms with E-state index in [0.29, 0.717) is 11.9 Å². The summed E-state index contributed by atoms with van der Waals surface area (Å²) in [5.74, 6) is 0.515. The van der Waals surface area contributed by atoms with Crippen LogP contribution in [0.5, 0.6) is 11.8 Å². The number of carbonyl (C=O) groups excluding carboxylic acids is 1. The second-order valence-corrected chi connectivity index (χ2v) is 8.01. The molecule has 3 aromatic heterocycles. The van der Waals surface area contributed by atoms with E-state index in [1.807, 2.05) is 19.1 Å². The van der Waals surface area contributed by atoms with Gasteiger partial charge in [0.1, 0.15) is 5.75 Å². The van der Waals surface area contributed by atoms with Crippen molar-refractivity contribution < 1.29 is 22.7 Å². The molecule has 0 bridgehead atoms. The van der Waals surface area contributed by atoms with E-state index in [0.717, 1.165) is 34.4 Å². The molecule has 13 heteroatoms. The molecule has 0 aliphatic carbocycles. The molecule has 4 rings (SSSR count). The molecular weight excluding hydrogens is 483 g/mol. The Morgan fingerprint density at radius 2 is 1.69 bits per heavy atom. The van der Waals surface area contributed by atoms with Crippen molar-refractivity contribution in [2.24, 2.45) is 0 Å². The summed E-state index contributed by atoms with van der Waals surface area (Å²) in [5.41, 5.74) is 0.115. The SMILES string of the molecule is CCNc1ncc(-c2ccc(Oc3ncc(NC(=O)Nc4cncc(C(F)(F)F)c4)cn3)cc2)s1. The highest BCUT2D eigenvalue weighted by atomic mass is 32.1. The average Bonchev–Trinajstić information content (AvgIpc) is 3.29. The largest absolute Gasteiger partial charge is 0.424 e. The van der Waals surface area contributed by atoms with Crippen molar-refractivity contribution in [1.82, 2.24) is 19.9 Å². The standard InChI is InChI=1S/C22H18F3N7O2S/c1-2-27-21-30-12-18(35-21)13-3-5-17(6-4-13)34-20-28-10-16(11-29-20)32-19(33)31-15-7-14(8-26-9-15)22(23,24)25/h3-12H,2H2,1H3,(H,27,30)(H2,31,32,33). The lowest BCUT2D eigenvalue weighted by molar-refractivity contribution is -0.137. The van der Waals surface area contributed by atoms with Gasteiger partial charge >= 0.3 is 18.2 Å². The van der Waals surface area contributed by atoms with Gasteiger partial charge in [0.05, 0.1) is 40.4 Å². The van der Waals surface area contributed by atoms with Crippen LogP contribution in [0.3, 0.4) is 0 Å². The number of hydrogen-bond donors (Lipinski definition) is 3. The molecule has 1 aromatic carbocycles. The van der Waals surface area contributed by atoms with E-state index in [2.05, 4.69) is 35.9 Å². The zero-order valence-electron chi connectivity index (χ0n) is 18.1. The first-order valence-corrected chi connectivity index (χ1v) is 11.0. The predicted molar refractivity (Wildman–Crippen MR) is 126 cm³/mol. The molecule has 0 radical (unpaired) electrons. The van der Waals surface area contributed by atoms with Gasteiger partial charge in [-0.1, -0.05) is 11.3 Å². The molecule has 3 heterocycles. The Morgan fingerprint density at radius 1 is 0.971 bits per heavy atom. The number of nitrogens with one attached hydrogen (secondary N) is 3. The first kappa shape index (κ1) is 23.9. The number of nitrogens with zero attached hydrogens (tertiary/aromatic N) is 4. The molecule has 0 spiro atoms. The third-order valence-corrected chi connectivity index (χ3v) is 5.40. The summed E-state index contributed by atoms with van der Waals surface area (Å²) in [6, 6.07) is 7.38. The Morgan fingerprint density at radius 3 is 2.37 bits per heavy atom. The van der Waals surface area contributed by atoms with Gasteiger partial charge < -0.3 is 20.7 Å². The first-order valence-electron chi connectivity index (χ1n) is 10.2. The van der Waals surface area contributed by atoms with E-state index in [1.54, 1.807) is 29.7 Å². The van der Waals surface area contributed by atoms with Crippen LogP contribution in [0.15, 0.2) is 61.3 Å². The summed E-state index contributed by atoms with van der Waals surface area (Å²) < 4.78 is 43.9. The van der Waals surface area contributed by atoms with Crippen molar-refractivity contribution in [2.45, 2.75) is 13.1 Å². The highest BCUT2D eigenvalue weighted by Gasteiger charge is 2.31. The number of amides is 2. The van der Waals surface area contributed by atoms with Crippen LogP contribution >= 0.6 is 11.3 Å². The summed E-state index contributed by atoms with van der Waals surface area (Å²) in [5, 5.41) is 8.73. The molecule has 4 aromatic rings. The van der Waals surface area contributed by atoms with Crippen molar-refractivity contribution in [1.29, 1.82) is 0 Å². The molecule has 0 saturated carbocycles. The fourth-order valence-electron chi connectivity index (χ4n) is 2.82. The molecule has 180 valence electrons. The number of ether oxygens (including phenoxy) is 1. The molecule has 9 nitrogen and oxygen atoms in total. The summed E-state index contributed by atoms with van der Waals surface area (Å²) in [6.07, 6.45) is 1.61. The number of anilines is 3. The van der Waals surface area contributed by atoms with Crippen molar-refractivity contribution in [3.8, 4) is 22.2 Å². The lowest BCUT2D eigenvalue weighted by Crippen LogP contribution is -2.20. The lowest BCUT2D eigenvalue weighted by atomic mass is 10.2. The molecule has 35 heavy (non-hydrogen) atoms. The number of alkyl halides is 3. The summed E-state index contributed by atoms with van der Waals surface area (Å²) in [4.78, 5) is 29.0. The maximum absolute atomic E-state index is 12.8. The quantitative estimate of drug-likeness (QED) is 0.290. The molecule has 0 unspecified atom stereocenters. The number of pyridine rings is 1. The Hall–Kier alpha value is -4.26. The summed E-state index contributed by atoms with van der Waals surface area (Å²) in [7, 11) is 0. The molecule has 0 saturated heterocycles. The van der Waals surface area contributed by atoms with Crippen molar-refractivity contribution in [3.05, 3.63) is 66.9 Å². The second-order valence-electron chi connectivity index (χ2n) is 6.98. The molecule has 0 aliphatic rings. The maximum atomic E-state index is 12.8. The van der Waals surface area contributed by atoms with Crippen LogP contribution in [0.25, 0.3) is 10.4 Å². The van der Waals surface area contributed by atoms with E-state index >= 15 is 0 Å². The normalized spacial score (nSPS) is 11.1. The number of halogens is 3. The van der Waals surface area contributed by atoms with Gasteiger partial charge in [0.2, 0.25) is 0 Å². The van der Waals surface area contributed by atoms with E-state index in [1.165, 1.54) is 12.4 Å². The number of hydrogen-bond acceptors (Lipinski definition) is 8. The average molecular weight is 501 g/mol. The minimum atomic E-state index is -4.57. The zero-order valence-corrected chi connectivity index (χ0v) is 18.9. The Balaban J connectivity index is 1.33. The fourth-order valence-corrected chi connectivity index (χ4v) is 3.71. The highest BCUT2D eigenvalue weighted by molar-refractivity contribution is 7.18. The van der Waals surface area contributed by atoms with Crippen LogP contribution in [0, 0.1) is 0 Å². The second kappa shape index (κ2) is 10.3. The Bertz CT molecular complexity index is 1300. The molecule has 0 aliphatic heterocycles. The molecule has 2 amide bonds. The number of thiazole rings is 1. The van der Waals surface area contributed by atoms with Crippen LogP contribution in [0.1, 0.15) is 12.5 Å². The third-order valence-electron chi connectivity index (χ3n) is 4.39. The lowest BCUT2D eigenvalue weighted by Gasteiger charge is -2.10. The number of carbonyl (C=O) groups is 1. The van der Waals surface area contributed by atoms with Gasteiger partial charge in [0.25, 0.3) is 0 Å². The summed E-state index contributed by atoms with van der Waals surface area (Å²) >= 11 is 1.55.